The fourth-order valence-corrected chi connectivity index (χ4v) is 2.55. The minimum atomic E-state index is -0.176. The first-order valence-electron chi connectivity index (χ1n) is 7.58. The van der Waals surface area contributed by atoms with E-state index in [1.807, 2.05) is 33.8 Å². The van der Waals surface area contributed by atoms with E-state index in [1.165, 1.54) is 6.07 Å². The number of benzene rings is 1. The summed E-state index contributed by atoms with van der Waals surface area (Å²) in [6, 6.07) is 3.35. The fraction of sp³-hybridized carbons (Fsp3) is 0.647. The highest BCUT2D eigenvalue weighted by Crippen LogP contribution is 2.33. The number of ether oxygens (including phenoxy) is 2. The lowest BCUT2D eigenvalue weighted by molar-refractivity contribution is -0.0206. The highest BCUT2D eigenvalue weighted by atomic mass is 19.1. The zero-order valence-electron chi connectivity index (χ0n) is 13.4. The van der Waals surface area contributed by atoms with E-state index in [0.717, 1.165) is 24.0 Å². The fourth-order valence-electron chi connectivity index (χ4n) is 2.55. The van der Waals surface area contributed by atoms with E-state index in [1.54, 1.807) is 0 Å². The van der Waals surface area contributed by atoms with Gasteiger partial charge in [-0.1, -0.05) is 0 Å². The van der Waals surface area contributed by atoms with E-state index in [2.05, 4.69) is 0 Å². The van der Waals surface area contributed by atoms with Crippen LogP contribution in [0.15, 0.2) is 12.1 Å². The molecule has 2 atom stereocenters. The summed E-state index contributed by atoms with van der Waals surface area (Å²) in [5, 5.41) is 0. The lowest BCUT2D eigenvalue weighted by Crippen LogP contribution is -2.23. The lowest BCUT2D eigenvalue weighted by Gasteiger charge is -2.22. The van der Waals surface area contributed by atoms with Gasteiger partial charge in [0.2, 0.25) is 0 Å². The van der Waals surface area contributed by atoms with Gasteiger partial charge in [0.1, 0.15) is 18.2 Å². The Kier molecular flexibility index (Phi) is 4.89. The monoisotopic (exact) mass is 295 g/mol. The summed E-state index contributed by atoms with van der Waals surface area (Å²) in [6.45, 7) is 9.03. The second-order valence-corrected chi connectivity index (χ2v) is 7.03. The van der Waals surface area contributed by atoms with Gasteiger partial charge in [0.05, 0.1) is 12.2 Å². The molecule has 0 fully saturated rings. The minimum absolute atomic E-state index is 0.0609. The van der Waals surface area contributed by atoms with Crippen LogP contribution in [0.25, 0.3) is 0 Å². The molecule has 2 rings (SSSR count). The Morgan fingerprint density at radius 3 is 2.67 bits per heavy atom. The van der Waals surface area contributed by atoms with Crippen molar-refractivity contribution in [2.45, 2.75) is 52.2 Å². The molecule has 0 spiro atoms. The molecule has 0 bridgehead atoms. The lowest BCUT2D eigenvalue weighted by atomic mass is 10.1. The highest BCUT2D eigenvalue weighted by Gasteiger charge is 2.27. The number of halogens is 1. The summed E-state index contributed by atoms with van der Waals surface area (Å²) in [7, 11) is 0. The minimum Gasteiger partial charge on any atom is -0.492 e. The van der Waals surface area contributed by atoms with Crippen LogP contribution in [0.5, 0.6) is 5.75 Å². The molecular weight excluding hydrogens is 269 g/mol. The predicted octanol–water partition coefficient (Wildman–Crippen LogP) is 3.08. The van der Waals surface area contributed by atoms with Crippen molar-refractivity contribution in [2.24, 2.45) is 11.7 Å². The molecule has 0 radical (unpaired) electrons. The van der Waals surface area contributed by atoms with Crippen molar-refractivity contribution in [1.29, 1.82) is 0 Å². The predicted molar refractivity (Wildman–Crippen MR) is 82.1 cm³/mol. The second-order valence-electron chi connectivity index (χ2n) is 7.03. The van der Waals surface area contributed by atoms with Crippen molar-refractivity contribution in [3.63, 3.8) is 0 Å². The molecule has 118 valence electrons. The zero-order valence-corrected chi connectivity index (χ0v) is 13.4. The Balaban J connectivity index is 2.01. The maximum absolute atomic E-state index is 14.2. The van der Waals surface area contributed by atoms with Gasteiger partial charge in [-0.25, -0.2) is 4.39 Å². The van der Waals surface area contributed by atoms with Crippen molar-refractivity contribution < 1.29 is 13.9 Å². The molecular formula is C17H26FNO2. The second kappa shape index (κ2) is 6.32. The van der Waals surface area contributed by atoms with Crippen LogP contribution in [-0.2, 0) is 17.6 Å². The van der Waals surface area contributed by atoms with Gasteiger partial charge in [-0.05, 0) is 63.6 Å². The zero-order chi connectivity index (χ0) is 15.6. The molecule has 0 amide bonds. The summed E-state index contributed by atoms with van der Waals surface area (Å²) in [6.07, 6.45) is 1.59. The standard InChI is InChI=1S/C17H26FNO2/c1-11(19)9-20-14-7-13-5-12(10-21-17(2,3)4)6-15(13)16(18)8-14/h7-8,11-12H,5-6,9-10,19H2,1-4H3. The van der Waals surface area contributed by atoms with Crippen molar-refractivity contribution in [2.75, 3.05) is 13.2 Å². The summed E-state index contributed by atoms with van der Waals surface area (Å²) in [4.78, 5) is 0. The topological polar surface area (TPSA) is 44.5 Å². The van der Waals surface area contributed by atoms with Gasteiger partial charge < -0.3 is 15.2 Å². The molecule has 1 aromatic carbocycles. The van der Waals surface area contributed by atoms with Gasteiger partial charge in [-0.2, -0.15) is 0 Å². The largest absolute Gasteiger partial charge is 0.492 e. The molecule has 21 heavy (non-hydrogen) atoms. The molecule has 0 heterocycles. The number of hydrogen-bond acceptors (Lipinski definition) is 3. The average molecular weight is 295 g/mol. The molecule has 1 aromatic rings. The first-order valence-corrected chi connectivity index (χ1v) is 7.58. The van der Waals surface area contributed by atoms with Crippen LogP contribution in [0, 0.1) is 11.7 Å². The maximum atomic E-state index is 14.2. The van der Waals surface area contributed by atoms with E-state index in [-0.39, 0.29) is 17.5 Å². The van der Waals surface area contributed by atoms with Crippen molar-refractivity contribution in [3.8, 4) is 5.75 Å². The summed E-state index contributed by atoms with van der Waals surface area (Å²) in [5.41, 5.74) is 7.35. The van der Waals surface area contributed by atoms with Crippen LogP contribution in [0.3, 0.4) is 0 Å². The van der Waals surface area contributed by atoms with Crippen LogP contribution in [0.2, 0.25) is 0 Å². The van der Waals surface area contributed by atoms with Gasteiger partial charge in [-0.3, -0.25) is 0 Å². The SMILES string of the molecule is CC(N)COc1cc(F)c2c(c1)CC(COC(C)(C)C)C2. The highest BCUT2D eigenvalue weighted by molar-refractivity contribution is 5.40. The van der Waals surface area contributed by atoms with E-state index in [4.69, 9.17) is 15.2 Å². The number of nitrogens with two attached hydrogens (primary N) is 1. The quantitative estimate of drug-likeness (QED) is 0.908. The third-order valence-electron chi connectivity index (χ3n) is 3.53. The normalized spacial score (nSPS) is 19.4. The van der Waals surface area contributed by atoms with Gasteiger partial charge in [0, 0.05) is 12.1 Å². The van der Waals surface area contributed by atoms with Crippen molar-refractivity contribution in [3.05, 3.63) is 29.1 Å². The molecule has 0 aromatic heterocycles. The van der Waals surface area contributed by atoms with E-state index in [9.17, 15) is 4.39 Å². The maximum Gasteiger partial charge on any atom is 0.130 e. The van der Waals surface area contributed by atoms with Crippen LogP contribution in [-0.4, -0.2) is 24.9 Å². The molecule has 2 N–H and O–H groups in total. The average Bonchev–Trinajstić information content (AvgIpc) is 2.77. The van der Waals surface area contributed by atoms with Gasteiger partial charge in [0.25, 0.3) is 0 Å². The summed E-state index contributed by atoms with van der Waals surface area (Å²) < 4.78 is 25.5. The molecule has 0 aliphatic heterocycles. The van der Waals surface area contributed by atoms with E-state index in [0.29, 0.717) is 24.9 Å². The summed E-state index contributed by atoms with van der Waals surface area (Å²) >= 11 is 0. The Hall–Kier alpha value is -1.13. The van der Waals surface area contributed by atoms with Gasteiger partial charge in [0.15, 0.2) is 0 Å². The molecule has 1 aliphatic rings. The van der Waals surface area contributed by atoms with Crippen LogP contribution < -0.4 is 10.5 Å². The molecule has 2 unspecified atom stereocenters. The molecule has 3 nitrogen and oxygen atoms in total. The van der Waals surface area contributed by atoms with Crippen molar-refractivity contribution in [1.82, 2.24) is 0 Å². The van der Waals surface area contributed by atoms with Gasteiger partial charge in [-0.15, -0.1) is 0 Å². The van der Waals surface area contributed by atoms with Crippen LogP contribution in [0.1, 0.15) is 38.8 Å². The Morgan fingerprint density at radius 1 is 1.33 bits per heavy atom. The summed E-state index contributed by atoms with van der Waals surface area (Å²) in [5.74, 6) is 0.740. The third kappa shape index (κ3) is 4.68. The van der Waals surface area contributed by atoms with E-state index < -0.39 is 0 Å². The number of hydrogen-bond donors (Lipinski definition) is 1. The van der Waals surface area contributed by atoms with E-state index >= 15 is 0 Å². The molecule has 4 heteroatoms. The Bertz CT molecular complexity index is 494. The third-order valence-corrected chi connectivity index (χ3v) is 3.53. The molecule has 1 aliphatic carbocycles. The van der Waals surface area contributed by atoms with Crippen LogP contribution in [0.4, 0.5) is 4.39 Å². The van der Waals surface area contributed by atoms with Crippen molar-refractivity contribution >= 4 is 0 Å². The number of fused-ring (bicyclic) bond motifs is 1. The van der Waals surface area contributed by atoms with Crippen LogP contribution >= 0.6 is 0 Å². The smallest absolute Gasteiger partial charge is 0.130 e. The Labute approximate surface area is 126 Å². The molecule has 0 saturated carbocycles. The first-order chi connectivity index (χ1) is 9.74. The molecule has 0 saturated heterocycles. The first kappa shape index (κ1) is 16.2. The number of rotatable bonds is 5. The van der Waals surface area contributed by atoms with Gasteiger partial charge >= 0.3 is 0 Å². The Morgan fingerprint density at radius 2 is 2.05 bits per heavy atom.